The SMILES string of the molecule is C=C(C)N1C2C(O[C@@](O[C@H]3C(O)C(CO)O[C@@H](O[C@H]4C(O[C@H]5O[C@@H](C)C(O)C(O)C5O)C=COC4CO)C3O)(C(=O)O)C[C@@H]2O)[C@]1(O)[C@H](O)CO. The molecule has 4 fully saturated rings. The fourth-order valence-corrected chi connectivity index (χ4v) is 7.19. The Morgan fingerprint density at radius 2 is 1.59 bits per heavy atom. The Bertz CT molecular complexity index is 1280. The van der Waals surface area contributed by atoms with Crippen LogP contribution in [-0.4, -0.2) is 208 Å². The van der Waals surface area contributed by atoms with Crippen molar-refractivity contribution in [2.45, 2.75) is 136 Å². The van der Waals surface area contributed by atoms with Gasteiger partial charge in [0.25, 0.3) is 5.79 Å². The first-order chi connectivity index (χ1) is 24.0. The van der Waals surface area contributed by atoms with Gasteiger partial charge < -0.3 is 99.3 Å². The molecule has 21 heteroatoms. The van der Waals surface area contributed by atoms with E-state index in [1.165, 1.54) is 19.9 Å². The van der Waals surface area contributed by atoms with E-state index in [-0.39, 0.29) is 5.70 Å². The number of rotatable bonds is 12. The zero-order valence-corrected chi connectivity index (χ0v) is 27.6. The first-order valence-corrected chi connectivity index (χ1v) is 16.3. The minimum absolute atomic E-state index is 0.136. The topological polar surface area (TPSA) is 328 Å². The zero-order chi connectivity index (χ0) is 37.7. The molecular weight excluding hydrogens is 694 g/mol. The number of aliphatic hydroxyl groups is 11. The molecule has 5 rings (SSSR count). The van der Waals surface area contributed by atoms with E-state index in [4.69, 9.17) is 33.2 Å². The van der Waals surface area contributed by atoms with E-state index in [2.05, 4.69) is 6.58 Å². The monoisotopic (exact) mass is 741 g/mol. The number of ether oxygens (including phenoxy) is 7. The van der Waals surface area contributed by atoms with Gasteiger partial charge in [0.2, 0.25) is 0 Å². The third kappa shape index (κ3) is 6.89. The Balaban J connectivity index is 1.40. The lowest BCUT2D eigenvalue weighted by molar-refractivity contribution is -0.429. The van der Waals surface area contributed by atoms with Crippen molar-refractivity contribution in [1.82, 2.24) is 4.90 Å². The third-order valence-corrected chi connectivity index (χ3v) is 9.93. The molecule has 0 aliphatic carbocycles. The van der Waals surface area contributed by atoms with E-state index < -0.39 is 148 Å². The number of aliphatic hydroxyl groups excluding tert-OH is 10. The molecule has 0 aromatic heterocycles. The average molecular weight is 742 g/mol. The number of carbonyl (C=O) groups is 1. The van der Waals surface area contributed by atoms with Crippen LogP contribution in [0.15, 0.2) is 24.6 Å². The third-order valence-electron chi connectivity index (χ3n) is 9.93. The number of fused-ring (bicyclic) bond motifs is 1. The molecule has 0 saturated carbocycles. The number of hydrogen-bond donors (Lipinski definition) is 12. The van der Waals surface area contributed by atoms with Crippen molar-refractivity contribution in [3.8, 4) is 0 Å². The van der Waals surface area contributed by atoms with Crippen LogP contribution in [0, 0.1) is 0 Å². The lowest BCUT2D eigenvalue weighted by Crippen LogP contribution is -2.87. The lowest BCUT2D eigenvalue weighted by Gasteiger charge is -2.67. The van der Waals surface area contributed by atoms with E-state index >= 15 is 0 Å². The largest absolute Gasteiger partial charge is 0.493 e. The van der Waals surface area contributed by atoms with E-state index in [1.54, 1.807) is 0 Å². The molecule has 10 unspecified atom stereocenters. The zero-order valence-electron chi connectivity index (χ0n) is 27.6. The Morgan fingerprint density at radius 3 is 2.18 bits per heavy atom. The molecule has 4 saturated heterocycles. The summed E-state index contributed by atoms with van der Waals surface area (Å²) in [5, 5.41) is 126. The van der Waals surface area contributed by atoms with Gasteiger partial charge in [-0.3, -0.25) is 0 Å². The molecular formula is C30H47NO20. The van der Waals surface area contributed by atoms with Crippen LogP contribution >= 0.6 is 0 Å². The Labute approximate surface area is 290 Å². The van der Waals surface area contributed by atoms with Gasteiger partial charge in [0.1, 0.15) is 73.2 Å². The van der Waals surface area contributed by atoms with Gasteiger partial charge in [-0.25, -0.2) is 4.79 Å². The average Bonchev–Trinajstić information content (AvgIpc) is 3.09. The predicted molar refractivity (Wildman–Crippen MR) is 160 cm³/mol. The Kier molecular flexibility index (Phi) is 12.0. The smallest absolute Gasteiger partial charge is 0.364 e. The normalized spacial score (nSPS) is 49.0. The van der Waals surface area contributed by atoms with Crippen LogP contribution in [0.25, 0.3) is 0 Å². The van der Waals surface area contributed by atoms with Crippen molar-refractivity contribution < 1.29 is 99.2 Å². The first-order valence-electron chi connectivity index (χ1n) is 16.3. The van der Waals surface area contributed by atoms with Crippen molar-refractivity contribution >= 4 is 5.97 Å². The van der Waals surface area contributed by atoms with Crippen molar-refractivity contribution in [3.05, 3.63) is 24.6 Å². The summed E-state index contributed by atoms with van der Waals surface area (Å²) in [4.78, 5) is 13.9. The van der Waals surface area contributed by atoms with Gasteiger partial charge in [0.05, 0.1) is 44.3 Å². The summed E-state index contributed by atoms with van der Waals surface area (Å²) in [7, 11) is 0. The van der Waals surface area contributed by atoms with Crippen LogP contribution in [-0.2, 0) is 38.0 Å². The Morgan fingerprint density at radius 1 is 0.941 bits per heavy atom. The molecule has 5 aliphatic heterocycles. The van der Waals surface area contributed by atoms with E-state index in [0.717, 1.165) is 11.2 Å². The number of carboxylic acid groups (broad SMARTS) is 1. The van der Waals surface area contributed by atoms with Crippen molar-refractivity contribution in [2.24, 2.45) is 0 Å². The van der Waals surface area contributed by atoms with Gasteiger partial charge in [-0.1, -0.05) is 6.58 Å². The molecule has 21 nitrogen and oxygen atoms in total. The molecule has 12 N–H and O–H groups in total. The number of aliphatic carboxylic acids is 1. The molecule has 0 aromatic carbocycles. The molecule has 51 heavy (non-hydrogen) atoms. The summed E-state index contributed by atoms with van der Waals surface area (Å²) in [6.07, 6.45) is -24.7. The highest BCUT2D eigenvalue weighted by Gasteiger charge is 2.72. The molecule has 0 radical (unpaired) electrons. The van der Waals surface area contributed by atoms with Gasteiger partial charge in [-0.2, -0.15) is 0 Å². The number of allylic oxidation sites excluding steroid dienone is 1. The van der Waals surface area contributed by atoms with Gasteiger partial charge >= 0.3 is 5.97 Å². The number of carboxylic acids is 1. The maximum absolute atomic E-state index is 12.8. The standard InChI is InChI=1S/C30H47NO20/c1-10(2)31-17-12(35)6-29(28(42)43,51-25(17)30(31,44)16(36)9-34)50-24-19(38)14(7-32)48-27(22(24)41)49-23-13(4-5-45-15(23)8-33)47-26-21(40)20(39)18(37)11(3)46-26/h4-5,11-27,32-41,44H,1,6-9H2,2-3H3,(H,42,43)/t11-,12-,13?,14?,15?,16+,17?,18?,19?,20?,21?,22?,23-,24-,25?,26+,27-,29+,30+/m0/s1. The summed E-state index contributed by atoms with van der Waals surface area (Å²) in [6.45, 7) is 3.90. The molecule has 5 heterocycles. The molecule has 0 amide bonds. The fourth-order valence-electron chi connectivity index (χ4n) is 7.19. The number of likely N-dealkylation sites (tertiary alicyclic amines) is 1. The van der Waals surface area contributed by atoms with Crippen molar-refractivity contribution in [3.63, 3.8) is 0 Å². The lowest BCUT2D eigenvalue weighted by atomic mass is 9.74. The van der Waals surface area contributed by atoms with Crippen LogP contribution in [0.2, 0.25) is 0 Å². The van der Waals surface area contributed by atoms with Crippen LogP contribution in [0.5, 0.6) is 0 Å². The highest BCUT2D eigenvalue weighted by Crippen LogP contribution is 2.51. The fraction of sp³-hybridized carbons (Fsp3) is 0.833. The van der Waals surface area contributed by atoms with Crippen LogP contribution in [0.4, 0.5) is 0 Å². The second-order valence-electron chi connectivity index (χ2n) is 13.3. The van der Waals surface area contributed by atoms with Crippen molar-refractivity contribution in [2.75, 3.05) is 19.8 Å². The maximum atomic E-state index is 12.8. The maximum Gasteiger partial charge on any atom is 0.364 e. The quantitative estimate of drug-likeness (QED) is 0.0884. The van der Waals surface area contributed by atoms with E-state index in [1.807, 2.05) is 0 Å². The predicted octanol–water partition coefficient (Wildman–Crippen LogP) is -6.50. The second kappa shape index (κ2) is 15.3. The highest BCUT2D eigenvalue weighted by molar-refractivity contribution is 5.76. The summed E-state index contributed by atoms with van der Waals surface area (Å²) in [5.74, 6) is -4.81. The minimum atomic E-state index is -2.92. The summed E-state index contributed by atoms with van der Waals surface area (Å²) in [5.41, 5.74) is -2.36. The van der Waals surface area contributed by atoms with Crippen LogP contribution in [0.3, 0.4) is 0 Å². The van der Waals surface area contributed by atoms with Gasteiger partial charge in [0, 0.05) is 12.1 Å². The number of nitrogens with zero attached hydrogens (tertiary/aromatic N) is 1. The second-order valence-corrected chi connectivity index (χ2v) is 13.3. The van der Waals surface area contributed by atoms with E-state index in [9.17, 15) is 66.1 Å². The van der Waals surface area contributed by atoms with E-state index in [0.29, 0.717) is 0 Å². The Hall–Kier alpha value is -2.13. The van der Waals surface area contributed by atoms with Crippen molar-refractivity contribution in [1.29, 1.82) is 0 Å². The van der Waals surface area contributed by atoms with Gasteiger partial charge in [-0.05, 0) is 19.9 Å². The highest BCUT2D eigenvalue weighted by atomic mass is 16.8. The molecule has 19 atom stereocenters. The molecule has 0 aromatic rings. The van der Waals surface area contributed by atoms with Gasteiger partial charge in [-0.15, -0.1) is 0 Å². The molecule has 0 bridgehead atoms. The van der Waals surface area contributed by atoms with Crippen LogP contribution < -0.4 is 0 Å². The number of hydrogen-bond acceptors (Lipinski definition) is 20. The summed E-state index contributed by atoms with van der Waals surface area (Å²) in [6, 6.07) is -1.17. The van der Waals surface area contributed by atoms with Crippen LogP contribution in [0.1, 0.15) is 20.3 Å². The molecule has 292 valence electrons. The molecule has 5 aliphatic rings. The first kappa shape index (κ1) is 40.1. The molecule has 0 spiro atoms. The van der Waals surface area contributed by atoms with Gasteiger partial charge in [0.15, 0.2) is 18.3 Å². The minimum Gasteiger partial charge on any atom is -0.493 e. The summed E-state index contributed by atoms with van der Waals surface area (Å²) >= 11 is 0. The summed E-state index contributed by atoms with van der Waals surface area (Å²) < 4.78 is 39.8.